The molecule has 5 heteroatoms. The SMILES string of the molecule is CCC(NC)c1nnc2cc(C)nc(C)n12. The third kappa shape index (κ3) is 1.67. The molecule has 0 bridgehead atoms. The van der Waals surface area contributed by atoms with E-state index in [4.69, 9.17) is 0 Å². The summed E-state index contributed by atoms with van der Waals surface area (Å²) in [5, 5.41) is 11.7. The molecule has 0 radical (unpaired) electrons. The van der Waals surface area contributed by atoms with Crippen molar-refractivity contribution in [2.75, 3.05) is 7.05 Å². The molecule has 16 heavy (non-hydrogen) atoms. The first-order valence-corrected chi connectivity index (χ1v) is 5.54. The summed E-state index contributed by atoms with van der Waals surface area (Å²) in [6.45, 7) is 6.07. The lowest BCUT2D eigenvalue weighted by atomic mass is 10.2. The number of fused-ring (bicyclic) bond motifs is 1. The number of hydrogen-bond donors (Lipinski definition) is 1. The largest absolute Gasteiger partial charge is 0.310 e. The van der Waals surface area contributed by atoms with Crippen LogP contribution in [0.4, 0.5) is 0 Å². The third-order valence-corrected chi connectivity index (χ3v) is 2.78. The smallest absolute Gasteiger partial charge is 0.164 e. The van der Waals surface area contributed by atoms with Crippen molar-refractivity contribution in [3.8, 4) is 0 Å². The monoisotopic (exact) mass is 219 g/mol. The number of hydrogen-bond acceptors (Lipinski definition) is 4. The molecule has 2 aromatic rings. The summed E-state index contributed by atoms with van der Waals surface area (Å²) < 4.78 is 2.01. The molecular weight excluding hydrogens is 202 g/mol. The molecule has 1 unspecified atom stereocenters. The van der Waals surface area contributed by atoms with E-state index < -0.39 is 0 Å². The Balaban J connectivity index is 2.64. The first-order valence-electron chi connectivity index (χ1n) is 5.54. The molecule has 86 valence electrons. The molecule has 0 aliphatic heterocycles. The minimum atomic E-state index is 0.221. The van der Waals surface area contributed by atoms with Crippen LogP contribution in [0.5, 0.6) is 0 Å². The average molecular weight is 219 g/mol. The molecule has 0 aromatic carbocycles. The molecule has 0 fully saturated rings. The van der Waals surface area contributed by atoms with Crippen LogP contribution >= 0.6 is 0 Å². The second kappa shape index (κ2) is 4.17. The van der Waals surface area contributed by atoms with E-state index in [2.05, 4.69) is 27.4 Å². The summed E-state index contributed by atoms with van der Waals surface area (Å²) in [5.74, 6) is 1.87. The molecule has 0 aliphatic carbocycles. The van der Waals surface area contributed by atoms with Gasteiger partial charge < -0.3 is 5.32 Å². The Kier molecular flexibility index (Phi) is 2.87. The number of nitrogens with one attached hydrogen (secondary N) is 1. The van der Waals surface area contributed by atoms with E-state index >= 15 is 0 Å². The predicted octanol–water partition coefficient (Wildman–Crippen LogP) is 1.41. The lowest BCUT2D eigenvalue weighted by molar-refractivity contribution is 0.536. The van der Waals surface area contributed by atoms with Crippen molar-refractivity contribution >= 4 is 5.65 Å². The van der Waals surface area contributed by atoms with Crippen LogP contribution in [0.1, 0.15) is 36.7 Å². The molecule has 2 aromatic heterocycles. The second-order valence-corrected chi connectivity index (χ2v) is 3.95. The lowest BCUT2D eigenvalue weighted by Gasteiger charge is -2.12. The van der Waals surface area contributed by atoms with Gasteiger partial charge in [-0.1, -0.05) is 6.92 Å². The van der Waals surface area contributed by atoms with Crippen LogP contribution in [0.25, 0.3) is 5.65 Å². The minimum Gasteiger partial charge on any atom is -0.310 e. The molecule has 0 saturated heterocycles. The quantitative estimate of drug-likeness (QED) is 0.848. The van der Waals surface area contributed by atoms with Gasteiger partial charge in [0.1, 0.15) is 5.82 Å². The van der Waals surface area contributed by atoms with Crippen LogP contribution in [-0.2, 0) is 0 Å². The summed E-state index contributed by atoms with van der Waals surface area (Å²) in [7, 11) is 1.94. The highest BCUT2D eigenvalue weighted by Crippen LogP contribution is 2.16. The second-order valence-electron chi connectivity index (χ2n) is 3.95. The van der Waals surface area contributed by atoms with E-state index in [9.17, 15) is 0 Å². The summed E-state index contributed by atoms with van der Waals surface area (Å²) in [4.78, 5) is 4.44. The Labute approximate surface area is 94.9 Å². The molecule has 0 saturated carbocycles. The van der Waals surface area contributed by atoms with Crippen LogP contribution in [0.3, 0.4) is 0 Å². The molecule has 2 heterocycles. The average Bonchev–Trinajstić information content (AvgIpc) is 2.64. The van der Waals surface area contributed by atoms with E-state index in [-0.39, 0.29) is 6.04 Å². The van der Waals surface area contributed by atoms with Crippen molar-refractivity contribution < 1.29 is 0 Å². The van der Waals surface area contributed by atoms with Crippen molar-refractivity contribution in [3.63, 3.8) is 0 Å². The van der Waals surface area contributed by atoms with Crippen LogP contribution in [-0.4, -0.2) is 26.6 Å². The van der Waals surface area contributed by atoms with Crippen molar-refractivity contribution in [1.29, 1.82) is 0 Å². The number of aromatic nitrogens is 4. The summed E-state index contributed by atoms with van der Waals surface area (Å²) in [6.07, 6.45) is 0.977. The van der Waals surface area contributed by atoms with Gasteiger partial charge in [-0.05, 0) is 27.3 Å². The Bertz CT molecular complexity index is 498. The third-order valence-electron chi connectivity index (χ3n) is 2.78. The molecule has 0 spiro atoms. The molecular formula is C11H17N5. The van der Waals surface area contributed by atoms with Crippen LogP contribution in [0, 0.1) is 13.8 Å². The number of aryl methyl sites for hydroxylation is 2. The van der Waals surface area contributed by atoms with Gasteiger partial charge in [-0.2, -0.15) is 0 Å². The highest BCUT2D eigenvalue weighted by atomic mass is 15.3. The fraction of sp³-hybridized carbons (Fsp3) is 0.545. The lowest BCUT2D eigenvalue weighted by Crippen LogP contribution is -2.19. The van der Waals surface area contributed by atoms with Crippen molar-refractivity contribution in [2.45, 2.75) is 33.2 Å². The van der Waals surface area contributed by atoms with Crippen LogP contribution < -0.4 is 5.32 Å². The minimum absolute atomic E-state index is 0.221. The van der Waals surface area contributed by atoms with Gasteiger partial charge in [-0.15, -0.1) is 10.2 Å². The Morgan fingerprint density at radius 3 is 2.75 bits per heavy atom. The summed E-state index contributed by atoms with van der Waals surface area (Å²) in [6, 6.07) is 2.17. The zero-order chi connectivity index (χ0) is 11.7. The molecule has 1 atom stereocenters. The zero-order valence-electron chi connectivity index (χ0n) is 10.2. The molecule has 5 nitrogen and oxygen atoms in total. The van der Waals surface area contributed by atoms with Gasteiger partial charge in [-0.3, -0.25) is 4.40 Å². The van der Waals surface area contributed by atoms with Crippen molar-refractivity contribution in [1.82, 2.24) is 24.9 Å². The first-order chi connectivity index (χ1) is 7.67. The van der Waals surface area contributed by atoms with Gasteiger partial charge in [-0.25, -0.2) is 4.98 Å². The molecule has 1 N–H and O–H groups in total. The standard InChI is InChI=1S/C11H17N5/c1-5-9(12-4)11-15-14-10-6-7(2)13-8(3)16(10)11/h6,9,12H,5H2,1-4H3. The number of rotatable bonds is 3. The van der Waals surface area contributed by atoms with Crippen molar-refractivity contribution in [2.24, 2.45) is 0 Å². The van der Waals surface area contributed by atoms with Gasteiger partial charge in [0.25, 0.3) is 0 Å². The summed E-state index contributed by atoms with van der Waals surface area (Å²) in [5.41, 5.74) is 1.84. The molecule has 2 rings (SSSR count). The van der Waals surface area contributed by atoms with Gasteiger partial charge in [0.2, 0.25) is 0 Å². The van der Waals surface area contributed by atoms with Gasteiger partial charge in [0, 0.05) is 11.8 Å². The van der Waals surface area contributed by atoms with Crippen LogP contribution in [0.15, 0.2) is 6.07 Å². The zero-order valence-corrected chi connectivity index (χ0v) is 10.2. The Morgan fingerprint density at radius 1 is 1.38 bits per heavy atom. The van der Waals surface area contributed by atoms with E-state index in [1.807, 2.05) is 31.4 Å². The van der Waals surface area contributed by atoms with Crippen molar-refractivity contribution in [3.05, 3.63) is 23.4 Å². The van der Waals surface area contributed by atoms with Gasteiger partial charge in [0.15, 0.2) is 11.5 Å². The normalized spacial score (nSPS) is 13.2. The Morgan fingerprint density at radius 2 is 2.12 bits per heavy atom. The summed E-state index contributed by atoms with van der Waals surface area (Å²) >= 11 is 0. The maximum atomic E-state index is 4.44. The van der Waals surface area contributed by atoms with E-state index in [0.717, 1.165) is 29.4 Å². The highest BCUT2D eigenvalue weighted by Gasteiger charge is 2.16. The maximum absolute atomic E-state index is 4.44. The molecule has 0 amide bonds. The maximum Gasteiger partial charge on any atom is 0.164 e. The van der Waals surface area contributed by atoms with E-state index in [1.54, 1.807) is 0 Å². The Hall–Kier alpha value is -1.49. The highest BCUT2D eigenvalue weighted by molar-refractivity contribution is 5.40. The van der Waals surface area contributed by atoms with Gasteiger partial charge in [0.05, 0.1) is 6.04 Å². The first kappa shape index (κ1) is 11.0. The number of nitrogens with zero attached hydrogens (tertiary/aromatic N) is 4. The molecule has 0 aliphatic rings. The predicted molar refractivity (Wildman–Crippen MR) is 62.3 cm³/mol. The fourth-order valence-corrected chi connectivity index (χ4v) is 2.00. The van der Waals surface area contributed by atoms with E-state index in [1.165, 1.54) is 0 Å². The van der Waals surface area contributed by atoms with E-state index in [0.29, 0.717) is 0 Å². The van der Waals surface area contributed by atoms with Gasteiger partial charge >= 0.3 is 0 Å². The fourth-order valence-electron chi connectivity index (χ4n) is 2.00. The topological polar surface area (TPSA) is 55.1 Å². The van der Waals surface area contributed by atoms with Crippen LogP contribution in [0.2, 0.25) is 0 Å².